The largest absolute Gasteiger partial charge is 0.371 e. The number of amides is 2. The fraction of sp³-hybridized carbons (Fsp3) is 0.833. The third-order valence-corrected chi connectivity index (χ3v) is 3.08. The van der Waals surface area contributed by atoms with Crippen LogP contribution in [0, 0.1) is 5.92 Å². The number of ether oxygens (including phenoxy) is 1. The maximum absolute atomic E-state index is 11.8. The van der Waals surface area contributed by atoms with E-state index in [1.54, 1.807) is 9.80 Å². The van der Waals surface area contributed by atoms with E-state index in [0.29, 0.717) is 32.0 Å². The summed E-state index contributed by atoms with van der Waals surface area (Å²) in [6, 6.07) is 0. The first kappa shape index (κ1) is 12.4. The van der Waals surface area contributed by atoms with Crippen LogP contribution < -0.4 is 0 Å². The maximum atomic E-state index is 11.8. The number of piperazine rings is 1. The van der Waals surface area contributed by atoms with Gasteiger partial charge in [-0.15, -0.1) is 0 Å². The molecule has 2 saturated heterocycles. The minimum absolute atomic E-state index is 0.0452. The van der Waals surface area contributed by atoms with Crippen LogP contribution >= 0.6 is 0 Å². The molecule has 1 atom stereocenters. The first-order valence-electron chi connectivity index (χ1n) is 6.23. The average molecular weight is 240 g/mol. The molecule has 0 saturated carbocycles. The normalized spacial score (nSPS) is 24.4. The highest BCUT2D eigenvalue weighted by Gasteiger charge is 2.32. The van der Waals surface area contributed by atoms with Gasteiger partial charge in [-0.1, -0.05) is 13.8 Å². The topological polar surface area (TPSA) is 53.2 Å². The van der Waals surface area contributed by atoms with Gasteiger partial charge in [-0.2, -0.15) is 0 Å². The lowest BCUT2D eigenvalue weighted by atomic mass is 10.1. The summed E-state index contributed by atoms with van der Waals surface area (Å²) in [4.78, 5) is 27.1. The predicted octanol–water partition coefficient (Wildman–Crippen LogP) is 0.102. The van der Waals surface area contributed by atoms with E-state index in [0.717, 1.165) is 6.61 Å². The number of hydrogen-bond donors (Lipinski definition) is 0. The SMILES string of the molecule is CC(C)CC(=O)N1CCN(C[C@@H]2CO2)C(=O)C1. The molecule has 2 rings (SSSR count). The van der Waals surface area contributed by atoms with Crippen LogP contribution in [0.1, 0.15) is 20.3 Å². The first-order valence-corrected chi connectivity index (χ1v) is 6.23. The minimum atomic E-state index is 0.0452. The number of hydrogen-bond acceptors (Lipinski definition) is 3. The minimum Gasteiger partial charge on any atom is -0.371 e. The summed E-state index contributed by atoms with van der Waals surface area (Å²) in [5.41, 5.74) is 0. The molecule has 96 valence electrons. The van der Waals surface area contributed by atoms with Crippen LogP contribution in [0.4, 0.5) is 0 Å². The lowest BCUT2D eigenvalue weighted by molar-refractivity contribution is -0.145. The standard InChI is InChI=1S/C12H20N2O3/c1-9(2)5-11(15)14-4-3-13(12(16)7-14)6-10-8-17-10/h9-10H,3-8H2,1-2H3/t10-/m1/s1. The van der Waals surface area contributed by atoms with E-state index >= 15 is 0 Å². The van der Waals surface area contributed by atoms with Crippen molar-refractivity contribution in [3.63, 3.8) is 0 Å². The number of rotatable bonds is 4. The van der Waals surface area contributed by atoms with E-state index in [4.69, 9.17) is 4.74 Å². The number of carbonyl (C=O) groups is 2. The molecular formula is C12H20N2O3. The Morgan fingerprint density at radius 1 is 1.47 bits per heavy atom. The van der Waals surface area contributed by atoms with Gasteiger partial charge in [0.25, 0.3) is 0 Å². The summed E-state index contributed by atoms with van der Waals surface area (Å²) in [5, 5.41) is 0. The zero-order valence-corrected chi connectivity index (χ0v) is 10.5. The molecular weight excluding hydrogens is 220 g/mol. The van der Waals surface area contributed by atoms with Gasteiger partial charge in [0.15, 0.2) is 0 Å². The Morgan fingerprint density at radius 2 is 2.18 bits per heavy atom. The second-order valence-electron chi connectivity index (χ2n) is 5.21. The van der Waals surface area contributed by atoms with E-state index in [2.05, 4.69) is 0 Å². The Bertz CT molecular complexity index is 313. The molecule has 2 amide bonds. The van der Waals surface area contributed by atoms with Crippen LogP contribution in [-0.2, 0) is 14.3 Å². The molecule has 0 aromatic carbocycles. The van der Waals surface area contributed by atoms with Crippen molar-refractivity contribution in [2.75, 3.05) is 32.8 Å². The van der Waals surface area contributed by atoms with E-state index in [9.17, 15) is 9.59 Å². The van der Waals surface area contributed by atoms with Gasteiger partial charge in [0.1, 0.15) is 0 Å². The Balaban J connectivity index is 1.81. The van der Waals surface area contributed by atoms with Crippen LogP contribution in [0.15, 0.2) is 0 Å². The van der Waals surface area contributed by atoms with Crippen LogP contribution in [0.2, 0.25) is 0 Å². The van der Waals surface area contributed by atoms with Crippen molar-refractivity contribution in [1.82, 2.24) is 9.80 Å². The van der Waals surface area contributed by atoms with Crippen LogP contribution in [-0.4, -0.2) is 60.5 Å². The Kier molecular flexibility index (Phi) is 3.66. The highest BCUT2D eigenvalue weighted by Crippen LogP contribution is 2.14. The highest BCUT2D eigenvalue weighted by molar-refractivity contribution is 5.86. The van der Waals surface area contributed by atoms with Crippen molar-refractivity contribution >= 4 is 11.8 Å². The zero-order valence-electron chi connectivity index (χ0n) is 10.5. The molecule has 5 heteroatoms. The average Bonchev–Trinajstić information content (AvgIpc) is 3.04. The van der Waals surface area contributed by atoms with Gasteiger partial charge in [0, 0.05) is 26.1 Å². The van der Waals surface area contributed by atoms with E-state index < -0.39 is 0 Å². The fourth-order valence-electron chi connectivity index (χ4n) is 2.01. The smallest absolute Gasteiger partial charge is 0.242 e. The van der Waals surface area contributed by atoms with Gasteiger partial charge < -0.3 is 14.5 Å². The second-order valence-corrected chi connectivity index (χ2v) is 5.21. The summed E-state index contributed by atoms with van der Waals surface area (Å²) in [5.74, 6) is 0.482. The molecule has 0 aromatic heterocycles. The molecule has 0 aromatic rings. The quantitative estimate of drug-likeness (QED) is 0.655. The molecule has 2 fully saturated rings. The Hall–Kier alpha value is -1.10. The molecule has 2 aliphatic heterocycles. The van der Waals surface area contributed by atoms with Crippen molar-refractivity contribution in [3.05, 3.63) is 0 Å². The van der Waals surface area contributed by atoms with Gasteiger partial charge >= 0.3 is 0 Å². The molecule has 5 nitrogen and oxygen atoms in total. The lowest BCUT2D eigenvalue weighted by Crippen LogP contribution is -2.53. The third-order valence-electron chi connectivity index (χ3n) is 3.08. The third kappa shape index (κ3) is 3.43. The van der Waals surface area contributed by atoms with Crippen molar-refractivity contribution in [2.45, 2.75) is 26.4 Å². The zero-order chi connectivity index (χ0) is 12.4. The summed E-state index contributed by atoms with van der Waals surface area (Å²) in [6.07, 6.45) is 0.760. The number of nitrogens with zero attached hydrogens (tertiary/aromatic N) is 2. The van der Waals surface area contributed by atoms with Crippen molar-refractivity contribution in [1.29, 1.82) is 0 Å². The molecule has 17 heavy (non-hydrogen) atoms. The Morgan fingerprint density at radius 3 is 2.71 bits per heavy atom. The van der Waals surface area contributed by atoms with E-state index in [-0.39, 0.29) is 24.5 Å². The molecule has 0 bridgehead atoms. The molecule has 0 unspecified atom stereocenters. The Labute approximate surface area is 102 Å². The molecule has 0 spiro atoms. The highest BCUT2D eigenvalue weighted by atomic mass is 16.6. The second kappa shape index (κ2) is 5.04. The van der Waals surface area contributed by atoms with Gasteiger partial charge in [-0.05, 0) is 5.92 Å². The number of epoxide rings is 1. The van der Waals surface area contributed by atoms with Gasteiger partial charge in [0.2, 0.25) is 11.8 Å². The van der Waals surface area contributed by atoms with Crippen molar-refractivity contribution in [2.24, 2.45) is 5.92 Å². The van der Waals surface area contributed by atoms with Crippen LogP contribution in [0.3, 0.4) is 0 Å². The van der Waals surface area contributed by atoms with Gasteiger partial charge in [-0.3, -0.25) is 9.59 Å². The monoisotopic (exact) mass is 240 g/mol. The predicted molar refractivity (Wildman–Crippen MR) is 62.4 cm³/mol. The van der Waals surface area contributed by atoms with Crippen molar-refractivity contribution in [3.8, 4) is 0 Å². The molecule has 2 aliphatic rings. The van der Waals surface area contributed by atoms with Gasteiger partial charge in [-0.25, -0.2) is 0 Å². The summed E-state index contributed by atoms with van der Waals surface area (Å²) in [7, 11) is 0. The fourth-order valence-corrected chi connectivity index (χ4v) is 2.01. The number of carbonyl (C=O) groups excluding carboxylic acids is 2. The van der Waals surface area contributed by atoms with E-state index in [1.165, 1.54) is 0 Å². The molecule has 0 N–H and O–H groups in total. The molecule has 0 aliphatic carbocycles. The summed E-state index contributed by atoms with van der Waals surface area (Å²) >= 11 is 0. The van der Waals surface area contributed by atoms with Gasteiger partial charge in [0.05, 0.1) is 19.3 Å². The molecule has 0 radical (unpaired) electrons. The lowest BCUT2D eigenvalue weighted by Gasteiger charge is -2.34. The summed E-state index contributed by atoms with van der Waals surface area (Å²) in [6.45, 7) is 7.01. The van der Waals surface area contributed by atoms with Crippen LogP contribution in [0.25, 0.3) is 0 Å². The maximum Gasteiger partial charge on any atom is 0.242 e. The molecule has 2 heterocycles. The first-order chi connectivity index (χ1) is 8.06. The van der Waals surface area contributed by atoms with Crippen molar-refractivity contribution < 1.29 is 14.3 Å². The van der Waals surface area contributed by atoms with E-state index in [1.807, 2.05) is 13.8 Å². The summed E-state index contributed by atoms with van der Waals surface area (Å²) < 4.78 is 5.11. The van der Waals surface area contributed by atoms with Crippen LogP contribution in [0.5, 0.6) is 0 Å².